The van der Waals surface area contributed by atoms with Gasteiger partial charge >= 0.3 is 6.18 Å². The van der Waals surface area contributed by atoms with Crippen molar-refractivity contribution in [1.82, 2.24) is 0 Å². The molecule has 6 heteroatoms. The van der Waals surface area contributed by atoms with E-state index in [1.54, 1.807) is 6.07 Å². The molecule has 1 unspecified atom stereocenters. The van der Waals surface area contributed by atoms with Gasteiger partial charge in [-0.25, -0.2) is 0 Å². The molecular formula is C15H14F3NO2. The molecule has 2 aromatic rings. The van der Waals surface area contributed by atoms with Gasteiger partial charge in [0, 0.05) is 11.3 Å². The summed E-state index contributed by atoms with van der Waals surface area (Å²) in [6, 6.07) is 10.6. The second-order valence-electron chi connectivity index (χ2n) is 4.53. The summed E-state index contributed by atoms with van der Waals surface area (Å²) in [6.07, 6.45) is -4.94. The van der Waals surface area contributed by atoms with Crippen molar-refractivity contribution < 1.29 is 23.0 Å². The summed E-state index contributed by atoms with van der Waals surface area (Å²) in [5, 5.41) is 10.4. The fraction of sp³-hybridized carbons (Fsp3) is 0.200. The van der Waals surface area contributed by atoms with Gasteiger partial charge in [0.25, 0.3) is 0 Å². The highest BCUT2D eigenvalue weighted by atomic mass is 19.4. The lowest BCUT2D eigenvalue weighted by Gasteiger charge is -2.32. The van der Waals surface area contributed by atoms with E-state index < -0.39 is 17.3 Å². The summed E-state index contributed by atoms with van der Waals surface area (Å²) in [5.74, 6) is 0.179. The van der Waals surface area contributed by atoms with E-state index in [1.807, 2.05) is 0 Å². The molecule has 3 nitrogen and oxygen atoms in total. The molecule has 3 N–H and O–H groups in total. The van der Waals surface area contributed by atoms with Crippen LogP contribution in [0.25, 0.3) is 0 Å². The third kappa shape index (κ3) is 2.54. The first-order chi connectivity index (χ1) is 9.80. The average molecular weight is 297 g/mol. The summed E-state index contributed by atoms with van der Waals surface area (Å²) in [6.45, 7) is 0. The molecule has 0 amide bonds. The molecule has 0 fully saturated rings. The molecule has 2 aromatic carbocycles. The number of anilines is 1. The predicted octanol–water partition coefficient (Wildman–Crippen LogP) is 3.08. The van der Waals surface area contributed by atoms with Gasteiger partial charge in [0.05, 0.1) is 7.11 Å². The summed E-state index contributed by atoms with van der Waals surface area (Å²) in [7, 11) is 1.32. The standard InChI is InChI=1S/C15H14F3NO2/c1-21-11-7-8-13(19)12(9-11)14(20,15(16,17)18)10-5-3-2-4-6-10/h2-9,20H,19H2,1H3. The van der Waals surface area contributed by atoms with Gasteiger partial charge in [-0.1, -0.05) is 30.3 Å². The van der Waals surface area contributed by atoms with Gasteiger partial charge in [-0.15, -0.1) is 0 Å². The van der Waals surface area contributed by atoms with Crippen molar-refractivity contribution in [3.8, 4) is 5.75 Å². The summed E-state index contributed by atoms with van der Waals surface area (Å²) < 4.78 is 45.6. The second-order valence-corrected chi connectivity index (χ2v) is 4.53. The minimum absolute atomic E-state index is 0.167. The molecule has 0 aliphatic rings. The minimum Gasteiger partial charge on any atom is -0.497 e. The third-order valence-electron chi connectivity index (χ3n) is 3.25. The lowest BCUT2D eigenvalue weighted by Crippen LogP contribution is -2.43. The van der Waals surface area contributed by atoms with Gasteiger partial charge in [-0.2, -0.15) is 13.2 Å². The van der Waals surface area contributed by atoms with Crippen LogP contribution in [-0.4, -0.2) is 18.4 Å². The Labute approximate surface area is 119 Å². The number of nitrogen functional groups attached to an aromatic ring is 1. The van der Waals surface area contributed by atoms with E-state index in [1.165, 1.54) is 43.5 Å². The monoisotopic (exact) mass is 297 g/mol. The molecule has 0 aliphatic carbocycles. The average Bonchev–Trinajstić information content (AvgIpc) is 2.46. The van der Waals surface area contributed by atoms with Crippen molar-refractivity contribution >= 4 is 5.69 Å². The Morgan fingerprint density at radius 3 is 2.19 bits per heavy atom. The van der Waals surface area contributed by atoms with Crippen LogP contribution in [0, 0.1) is 0 Å². The third-order valence-corrected chi connectivity index (χ3v) is 3.25. The lowest BCUT2D eigenvalue weighted by atomic mass is 9.84. The predicted molar refractivity (Wildman–Crippen MR) is 72.9 cm³/mol. The first kappa shape index (κ1) is 15.2. The maximum atomic E-state index is 13.5. The Morgan fingerprint density at radius 2 is 1.67 bits per heavy atom. The Kier molecular flexibility index (Phi) is 3.82. The van der Waals surface area contributed by atoms with E-state index in [0.717, 1.165) is 6.07 Å². The van der Waals surface area contributed by atoms with Crippen molar-refractivity contribution in [2.75, 3.05) is 12.8 Å². The van der Waals surface area contributed by atoms with Crippen molar-refractivity contribution in [1.29, 1.82) is 0 Å². The fourth-order valence-corrected chi connectivity index (χ4v) is 2.13. The first-order valence-corrected chi connectivity index (χ1v) is 6.09. The second kappa shape index (κ2) is 5.29. The van der Waals surface area contributed by atoms with Crippen LogP contribution in [0.5, 0.6) is 5.75 Å². The van der Waals surface area contributed by atoms with E-state index in [0.29, 0.717) is 0 Å². The number of nitrogens with two attached hydrogens (primary N) is 1. The molecule has 0 spiro atoms. The maximum absolute atomic E-state index is 13.5. The van der Waals surface area contributed by atoms with E-state index in [2.05, 4.69) is 0 Å². The van der Waals surface area contributed by atoms with E-state index in [-0.39, 0.29) is 17.0 Å². The van der Waals surface area contributed by atoms with Crippen LogP contribution < -0.4 is 10.5 Å². The van der Waals surface area contributed by atoms with E-state index in [9.17, 15) is 18.3 Å². The normalized spacial score (nSPS) is 14.5. The van der Waals surface area contributed by atoms with Gasteiger partial charge in [-0.05, 0) is 23.8 Å². The van der Waals surface area contributed by atoms with Crippen LogP contribution in [-0.2, 0) is 5.60 Å². The van der Waals surface area contributed by atoms with Crippen molar-refractivity contribution in [2.45, 2.75) is 11.8 Å². The van der Waals surface area contributed by atoms with Gasteiger partial charge in [0.15, 0.2) is 0 Å². The molecule has 2 rings (SSSR count). The molecule has 21 heavy (non-hydrogen) atoms. The molecule has 0 aromatic heterocycles. The van der Waals surface area contributed by atoms with Crippen LogP contribution >= 0.6 is 0 Å². The van der Waals surface area contributed by atoms with Crippen LogP contribution in [0.2, 0.25) is 0 Å². The number of aliphatic hydroxyl groups is 1. The topological polar surface area (TPSA) is 55.5 Å². The number of halogens is 3. The summed E-state index contributed by atoms with van der Waals surface area (Å²) in [4.78, 5) is 0. The number of rotatable bonds is 3. The quantitative estimate of drug-likeness (QED) is 0.856. The van der Waals surface area contributed by atoms with Crippen molar-refractivity contribution in [3.05, 3.63) is 59.7 Å². The Hall–Kier alpha value is -2.21. The first-order valence-electron chi connectivity index (χ1n) is 6.09. The molecule has 0 aliphatic heterocycles. The highest BCUT2D eigenvalue weighted by Gasteiger charge is 2.57. The van der Waals surface area contributed by atoms with Crippen LogP contribution in [0.4, 0.5) is 18.9 Å². The highest BCUT2D eigenvalue weighted by Crippen LogP contribution is 2.46. The Morgan fingerprint density at radius 1 is 1.05 bits per heavy atom. The maximum Gasteiger partial charge on any atom is 0.425 e. The van der Waals surface area contributed by atoms with E-state index in [4.69, 9.17) is 10.5 Å². The smallest absolute Gasteiger partial charge is 0.425 e. The molecule has 1 atom stereocenters. The largest absolute Gasteiger partial charge is 0.497 e. The summed E-state index contributed by atoms with van der Waals surface area (Å²) >= 11 is 0. The van der Waals surface area contributed by atoms with Crippen molar-refractivity contribution in [2.24, 2.45) is 0 Å². The van der Waals surface area contributed by atoms with Gasteiger partial charge in [0.2, 0.25) is 5.60 Å². The molecular weight excluding hydrogens is 283 g/mol. The molecule has 112 valence electrons. The molecule has 0 saturated carbocycles. The van der Waals surface area contributed by atoms with Crippen LogP contribution in [0.3, 0.4) is 0 Å². The molecule has 0 radical (unpaired) electrons. The summed E-state index contributed by atoms with van der Waals surface area (Å²) in [5.41, 5.74) is 1.51. The van der Waals surface area contributed by atoms with Gasteiger partial charge in [-0.3, -0.25) is 0 Å². The number of hydrogen-bond donors (Lipinski definition) is 2. The molecule has 0 bridgehead atoms. The van der Waals surface area contributed by atoms with Crippen molar-refractivity contribution in [3.63, 3.8) is 0 Å². The van der Waals surface area contributed by atoms with Crippen LogP contribution in [0.1, 0.15) is 11.1 Å². The van der Waals surface area contributed by atoms with E-state index >= 15 is 0 Å². The Bertz CT molecular complexity index is 629. The SMILES string of the molecule is COc1ccc(N)c(C(O)(c2ccccc2)C(F)(F)F)c1. The van der Waals surface area contributed by atoms with Gasteiger partial charge in [0.1, 0.15) is 5.75 Å². The zero-order valence-electron chi connectivity index (χ0n) is 11.2. The van der Waals surface area contributed by atoms with Crippen LogP contribution in [0.15, 0.2) is 48.5 Å². The number of methoxy groups -OCH3 is 1. The zero-order valence-corrected chi connectivity index (χ0v) is 11.2. The Balaban J connectivity index is 2.73. The zero-order chi connectivity index (χ0) is 15.7. The molecule has 0 heterocycles. The highest BCUT2D eigenvalue weighted by molar-refractivity contribution is 5.57. The van der Waals surface area contributed by atoms with Gasteiger partial charge < -0.3 is 15.6 Å². The fourth-order valence-electron chi connectivity index (χ4n) is 2.13. The molecule has 0 saturated heterocycles. The number of ether oxygens (including phenoxy) is 1. The minimum atomic E-state index is -4.94. The number of alkyl halides is 3. The number of hydrogen-bond acceptors (Lipinski definition) is 3. The lowest BCUT2D eigenvalue weighted by molar-refractivity contribution is -0.248. The number of benzene rings is 2.